The third kappa shape index (κ3) is 4.14. The zero-order chi connectivity index (χ0) is 15.4. The van der Waals surface area contributed by atoms with Crippen molar-refractivity contribution in [1.29, 1.82) is 0 Å². The highest BCUT2D eigenvalue weighted by Crippen LogP contribution is 2.18. The Labute approximate surface area is 143 Å². The molecule has 124 valence electrons. The molecule has 1 aromatic carbocycles. The lowest BCUT2D eigenvalue weighted by Gasteiger charge is -2.26. The third-order valence-corrected chi connectivity index (χ3v) is 4.34. The summed E-state index contributed by atoms with van der Waals surface area (Å²) in [5.74, 6) is 0.105. The second kappa shape index (κ2) is 8.16. The molecule has 0 fully saturated rings. The summed E-state index contributed by atoms with van der Waals surface area (Å²) in [5.41, 5.74) is 4.25. The Morgan fingerprint density at radius 2 is 2.04 bits per heavy atom. The maximum absolute atomic E-state index is 12.6. The molecule has 0 spiro atoms. The Balaban J connectivity index is 0.00000192. The summed E-state index contributed by atoms with van der Waals surface area (Å²) < 4.78 is 0. The lowest BCUT2D eigenvalue weighted by molar-refractivity contribution is 0.0732. The number of fused-ring (bicyclic) bond motifs is 1. The van der Waals surface area contributed by atoms with Crippen LogP contribution in [0.2, 0.25) is 0 Å². The van der Waals surface area contributed by atoms with Crippen LogP contribution >= 0.6 is 12.4 Å². The van der Waals surface area contributed by atoms with Gasteiger partial charge in [-0.3, -0.25) is 4.79 Å². The van der Waals surface area contributed by atoms with E-state index < -0.39 is 0 Å². The average Bonchev–Trinajstić information content (AvgIpc) is 3.02. The number of nitrogens with one attached hydrogen (secondary N) is 1. The maximum atomic E-state index is 12.6. The summed E-state index contributed by atoms with van der Waals surface area (Å²) in [6.45, 7) is 3.58. The van der Waals surface area contributed by atoms with E-state index in [1.165, 1.54) is 24.8 Å². The van der Waals surface area contributed by atoms with E-state index in [2.05, 4.69) is 29.0 Å². The number of aromatic nitrogens is 2. The van der Waals surface area contributed by atoms with Crippen LogP contribution in [0.1, 0.15) is 53.5 Å². The molecule has 23 heavy (non-hydrogen) atoms. The number of carbonyl (C=O) groups is 1. The van der Waals surface area contributed by atoms with Crippen molar-refractivity contribution in [3.05, 3.63) is 53.1 Å². The molecule has 3 rings (SSSR count). The summed E-state index contributed by atoms with van der Waals surface area (Å²) in [5, 5.41) is 0. The Bertz CT molecular complexity index is 636. The van der Waals surface area contributed by atoms with E-state index >= 15 is 0 Å². The lowest BCUT2D eigenvalue weighted by atomic mass is 10.0. The number of aromatic amines is 1. The Hall–Kier alpha value is -1.81. The van der Waals surface area contributed by atoms with E-state index in [0.29, 0.717) is 6.54 Å². The number of carbonyl (C=O) groups excluding carboxylic acids is 1. The summed E-state index contributed by atoms with van der Waals surface area (Å²) in [4.78, 5) is 21.9. The Morgan fingerprint density at radius 3 is 2.78 bits per heavy atom. The summed E-state index contributed by atoms with van der Waals surface area (Å²) in [7, 11) is 0. The molecule has 5 heteroatoms. The number of imidazole rings is 1. The quantitative estimate of drug-likeness (QED) is 0.847. The SMILES string of the molecule is CCCCCc1ccc(C(=O)N2CCc3[nH]cnc3C2)cc1.Cl. The van der Waals surface area contributed by atoms with Gasteiger partial charge in [-0.25, -0.2) is 4.98 Å². The Kier molecular flexibility index (Phi) is 6.22. The number of H-pyrrole nitrogens is 1. The molecule has 0 unspecified atom stereocenters. The smallest absolute Gasteiger partial charge is 0.254 e. The predicted molar refractivity (Wildman–Crippen MR) is 94.0 cm³/mol. The normalized spacial score (nSPS) is 13.3. The number of halogens is 1. The molecule has 1 aromatic heterocycles. The minimum absolute atomic E-state index is 0. The van der Waals surface area contributed by atoms with Gasteiger partial charge < -0.3 is 9.88 Å². The lowest BCUT2D eigenvalue weighted by Crippen LogP contribution is -2.36. The molecule has 1 amide bonds. The second-order valence-electron chi connectivity index (χ2n) is 5.96. The monoisotopic (exact) mass is 333 g/mol. The molecule has 0 aliphatic carbocycles. The van der Waals surface area contributed by atoms with Gasteiger partial charge in [-0.1, -0.05) is 31.9 Å². The molecule has 2 heterocycles. The van der Waals surface area contributed by atoms with Gasteiger partial charge >= 0.3 is 0 Å². The molecular weight excluding hydrogens is 310 g/mol. The molecular formula is C18H24ClN3O. The van der Waals surface area contributed by atoms with Gasteiger partial charge in [0.25, 0.3) is 5.91 Å². The molecule has 0 atom stereocenters. The van der Waals surface area contributed by atoms with E-state index in [-0.39, 0.29) is 18.3 Å². The number of aryl methyl sites for hydroxylation is 1. The zero-order valence-corrected chi connectivity index (χ0v) is 14.4. The number of benzene rings is 1. The van der Waals surface area contributed by atoms with Crippen molar-refractivity contribution >= 4 is 18.3 Å². The first-order valence-electron chi connectivity index (χ1n) is 8.17. The maximum Gasteiger partial charge on any atom is 0.254 e. The van der Waals surface area contributed by atoms with Gasteiger partial charge in [0.1, 0.15) is 0 Å². The summed E-state index contributed by atoms with van der Waals surface area (Å²) in [6.07, 6.45) is 7.39. The van der Waals surface area contributed by atoms with Gasteiger partial charge in [0.2, 0.25) is 0 Å². The van der Waals surface area contributed by atoms with Crippen LogP contribution < -0.4 is 0 Å². The van der Waals surface area contributed by atoms with Crippen molar-refractivity contribution in [2.45, 2.75) is 45.6 Å². The zero-order valence-electron chi connectivity index (χ0n) is 13.5. The van der Waals surface area contributed by atoms with Crippen LogP contribution in [-0.2, 0) is 19.4 Å². The molecule has 1 aliphatic heterocycles. The van der Waals surface area contributed by atoms with E-state index in [4.69, 9.17) is 0 Å². The highest BCUT2D eigenvalue weighted by Gasteiger charge is 2.23. The highest BCUT2D eigenvalue weighted by atomic mass is 35.5. The van der Waals surface area contributed by atoms with Crippen LogP contribution in [0.25, 0.3) is 0 Å². The second-order valence-corrected chi connectivity index (χ2v) is 5.96. The molecule has 1 N–H and O–H groups in total. The first-order valence-corrected chi connectivity index (χ1v) is 8.17. The van der Waals surface area contributed by atoms with Gasteiger partial charge in [-0.15, -0.1) is 12.4 Å². The van der Waals surface area contributed by atoms with Crippen molar-refractivity contribution < 1.29 is 4.79 Å². The summed E-state index contributed by atoms with van der Waals surface area (Å²) >= 11 is 0. The number of unbranched alkanes of at least 4 members (excludes halogenated alkanes) is 2. The molecule has 0 saturated heterocycles. The van der Waals surface area contributed by atoms with Crippen LogP contribution in [0.4, 0.5) is 0 Å². The minimum Gasteiger partial charge on any atom is -0.348 e. The number of nitrogens with zero attached hydrogens (tertiary/aromatic N) is 2. The molecule has 2 aromatic rings. The number of hydrogen-bond donors (Lipinski definition) is 1. The van der Waals surface area contributed by atoms with Gasteiger partial charge in [0.05, 0.1) is 18.6 Å². The van der Waals surface area contributed by atoms with Crippen LogP contribution in [0.15, 0.2) is 30.6 Å². The molecule has 0 bridgehead atoms. The number of rotatable bonds is 5. The largest absolute Gasteiger partial charge is 0.348 e. The van der Waals surface area contributed by atoms with Crippen molar-refractivity contribution in [1.82, 2.24) is 14.9 Å². The standard InChI is InChI=1S/C18H23N3O.ClH/c1-2-3-4-5-14-6-8-15(9-7-14)18(22)21-11-10-16-17(12-21)20-13-19-16;/h6-9,13H,2-5,10-12H2,1H3,(H,19,20);1H. The number of hydrogen-bond acceptors (Lipinski definition) is 2. The first kappa shape index (κ1) is 17.5. The van der Waals surface area contributed by atoms with Crippen LogP contribution in [0, 0.1) is 0 Å². The average molecular weight is 334 g/mol. The van der Waals surface area contributed by atoms with Gasteiger partial charge in [0.15, 0.2) is 0 Å². The molecule has 0 radical (unpaired) electrons. The van der Waals surface area contributed by atoms with Crippen LogP contribution in [0.5, 0.6) is 0 Å². The fraction of sp³-hybridized carbons (Fsp3) is 0.444. The topological polar surface area (TPSA) is 49.0 Å². The number of amides is 1. The first-order chi connectivity index (χ1) is 10.8. The van der Waals surface area contributed by atoms with Crippen molar-refractivity contribution in [2.24, 2.45) is 0 Å². The van der Waals surface area contributed by atoms with E-state index in [0.717, 1.165) is 36.3 Å². The van der Waals surface area contributed by atoms with E-state index in [1.807, 2.05) is 17.0 Å². The van der Waals surface area contributed by atoms with Gasteiger partial charge in [0, 0.05) is 24.2 Å². The van der Waals surface area contributed by atoms with E-state index in [1.54, 1.807) is 6.33 Å². The van der Waals surface area contributed by atoms with Crippen molar-refractivity contribution in [2.75, 3.05) is 6.54 Å². The predicted octanol–water partition coefficient (Wildman–Crippen LogP) is 3.76. The van der Waals surface area contributed by atoms with Crippen LogP contribution in [0.3, 0.4) is 0 Å². The van der Waals surface area contributed by atoms with Crippen molar-refractivity contribution in [3.8, 4) is 0 Å². The summed E-state index contributed by atoms with van der Waals surface area (Å²) in [6, 6.07) is 8.10. The fourth-order valence-corrected chi connectivity index (χ4v) is 2.96. The molecule has 0 saturated carbocycles. The fourth-order valence-electron chi connectivity index (χ4n) is 2.96. The third-order valence-electron chi connectivity index (χ3n) is 4.34. The van der Waals surface area contributed by atoms with Gasteiger partial charge in [-0.2, -0.15) is 0 Å². The minimum atomic E-state index is 0. The van der Waals surface area contributed by atoms with Crippen LogP contribution in [-0.4, -0.2) is 27.3 Å². The highest BCUT2D eigenvalue weighted by molar-refractivity contribution is 5.94. The van der Waals surface area contributed by atoms with Gasteiger partial charge in [-0.05, 0) is 30.5 Å². The molecule has 1 aliphatic rings. The Morgan fingerprint density at radius 1 is 1.26 bits per heavy atom. The van der Waals surface area contributed by atoms with Crippen molar-refractivity contribution in [3.63, 3.8) is 0 Å². The molecule has 4 nitrogen and oxygen atoms in total. The van der Waals surface area contributed by atoms with E-state index in [9.17, 15) is 4.79 Å².